The van der Waals surface area contributed by atoms with Gasteiger partial charge in [-0.15, -0.1) is 0 Å². The van der Waals surface area contributed by atoms with Crippen LogP contribution >= 0.6 is 12.6 Å². The molecule has 0 fully saturated rings. The molecule has 5 atom stereocenters. The Balaban J connectivity index is 5.51. The van der Waals surface area contributed by atoms with Crippen molar-refractivity contribution in [2.45, 2.75) is 63.9 Å². The van der Waals surface area contributed by atoms with Crippen LogP contribution in [0.2, 0.25) is 0 Å². The molecule has 0 aromatic heterocycles. The van der Waals surface area contributed by atoms with Crippen LogP contribution in [0.5, 0.6) is 0 Å². The molecule has 32 heavy (non-hydrogen) atoms. The van der Waals surface area contributed by atoms with Gasteiger partial charge >= 0.3 is 5.97 Å². The van der Waals surface area contributed by atoms with Crippen molar-refractivity contribution in [2.24, 2.45) is 28.1 Å². The quantitative estimate of drug-likeness (QED) is 0.0531. The number of amides is 3. The second-order valence-corrected chi connectivity index (χ2v) is 7.96. The van der Waals surface area contributed by atoms with Gasteiger partial charge in [-0.1, -0.05) is 13.8 Å². The van der Waals surface area contributed by atoms with Crippen LogP contribution in [0.4, 0.5) is 0 Å². The van der Waals surface area contributed by atoms with Crippen LogP contribution < -0.4 is 33.2 Å². The first kappa shape index (κ1) is 29.4. The molecule has 0 aliphatic carbocycles. The van der Waals surface area contributed by atoms with Crippen LogP contribution in [-0.4, -0.2) is 82.4 Å². The number of carbonyl (C=O) groups is 4. The number of rotatable bonds is 14. The molecule has 0 aliphatic heterocycles. The summed E-state index contributed by atoms with van der Waals surface area (Å²) >= 11 is 3.95. The summed E-state index contributed by atoms with van der Waals surface area (Å²) in [5.74, 6) is -3.92. The first-order valence-corrected chi connectivity index (χ1v) is 10.7. The molecule has 0 radical (unpaired) electrons. The number of aliphatic hydroxyl groups is 1. The number of aliphatic carboxylic acids is 1. The van der Waals surface area contributed by atoms with Crippen LogP contribution in [0.1, 0.15) is 33.6 Å². The van der Waals surface area contributed by atoms with Gasteiger partial charge in [0.2, 0.25) is 17.7 Å². The molecule has 0 aromatic carbocycles. The molecular formula is C18H35N7O6S. The van der Waals surface area contributed by atoms with Crippen molar-refractivity contribution in [1.82, 2.24) is 16.0 Å². The lowest BCUT2D eigenvalue weighted by atomic mass is 10.0. The molecule has 0 saturated carbocycles. The zero-order valence-electron chi connectivity index (χ0n) is 18.4. The Morgan fingerprint density at radius 3 is 1.97 bits per heavy atom. The minimum Gasteiger partial charge on any atom is -0.480 e. The summed E-state index contributed by atoms with van der Waals surface area (Å²) in [5, 5.41) is 26.1. The van der Waals surface area contributed by atoms with Crippen LogP contribution in [0.25, 0.3) is 0 Å². The van der Waals surface area contributed by atoms with Gasteiger partial charge < -0.3 is 43.4 Å². The number of guanidine groups is 1. The number of nitrogens with one attached hydrogen (secondary N) is 3. The summed E-state index contributed by atoms with van der Waals surface area (Å²) < 4.78 is 0. The molecule has 5 unspecified atom stereocenters. The van der Waals surface area contributed by atoms with Gasteiger partial charge in [0.25, 0.3) is 0 Å². The van der Waals surface area contributed by atoms with Gasteiger partial charge in [0.05, 0.1) is 12.1 Å². The van der Waals surface area contributed by atoms with Crippen LogP contribution in [0, 0.1) is 5.92 Å². The van der Waals surface area contributed by atoms with Crippen molar-refractivity contribution in [3.05, 3.63) is 0 Å². The minimum absolute atomic E-state index is 0.0649. The van der Waals surface area contributed by atoms with E-state index in [0.717, 1.165) is 0 Å². The topological polar surface area (TPSA) is 235 Å². The van der Waals surface area contributed by atoms with E-state index in [2.05, 4.69) is 33.6 Å². The van der Waals surface area contributed by atoms with Gasteiger partial charge in [-0.2, -0.15) is 12.6 Å². The summed E-state index contributed by atoms with van der Waals surface area (Å²) in [4.78, 5) is 52.7. The second kappa shape index (κ2) is 14.5. The van der Waals surface area contributed by atoms with Crippen LogP contribution in [-0.2, 0) is 19.2 Å². The average molecular weight is 478 g/mol. The van der Waals surface area contributed by atoms with E-state index in [0.29, 0.717) is 0 Å². The molecule has 3 amide bonds. The van der Waals surface area contributed by atoms with E-state index in [9.17, 15) is 29.4 Å². The fraction of sp³-hybridized carbons (Fsp3) is 0.722. The van der Waals surface area contributed by atoms with E-state index in [-0.39, 0.29) is 37.0 Å². The predicted molar refractivity (Wildman–Crippen MR) is 122 cm³/mol. The molecular weight excluding hydrogens is 442 g/mol. The minimum atomic E-state index is -1.58. The number of hydrogen-bond acceptors (Lipinski definition) is 8. The number of hydrogen-bond donors (Lipinski definition) is 9. The van der Waals surface area contributed by atoms with Crippen molar-refractivity contribution >= 4 is 42.3 Å². The first-order valence-electron chi connectivity index (χ1n) is 10.1. The van der Waals surface area contributed by atoms with Crippen LogP contribution in [0.15, 0.2) is 4.99 Å². The standard InChI is InChI=1S/C18H35N7O6S/c1-8(2)12(24-14(27)10(19)7-32)16(29)23-11(5-4-6-22-18(20)21)15(28)25-13(9(3)26)17(30)31/h8-13,26,32H,4-7,19H2,1-3H3,(H,23,29)(H,24,27)(H,25,28)(H,30,31)(H4,20,21,22). The lowest BCUT2D eigenvalue weighted by Gasteiger charge is -2.27. The van der Waals surface area contributed by atoms with E-state index in [4.69, 9.17) is 17.2 Å². The molecule has 11 N–H and O–H groups in total. The molecule has 184 valence electrons. The van der Waals surface area contributed by atoms with Crippen LogP contribution in [0.3, 0.4) is 0 Å². The van der Waals surface area contributed by atoms with E-state index >= 15 is 0 Å². The number of aliphatic hydroxyl groups excluding tert-OH is 1. The number of carbonyl (C=O) groups excluding carboxylic acids is 3. The summed E-state index contributed by atoms with van der Waals surface area (Å²) in [5.41, 5.74) is 16.2. The van der Waals surface area contributed by atoms with Gasteiger partial charge in [0.1, 0.15) is 12.1 Å². The Morgan fingerprint density at radius 1 is 0.969 bits per heavy atom. The predicted octanol–water partition coefficient (Wildman–Crippen LogP) is -3.13. The summed E-state index contributed by atoms with van der Waals surface area (Å²) in [6, 6.07) is -4.68. The summed E-state index contributed by atoms with van der Waals surface area (Å²) in [6.45, 7) is 4.76. The molecule has 0 aliphatic rings. The number of nitrogens with zero attached hydrogens (tertiary/aromatic N) is 1. The van der Waals surface area contributed by atoms with Crippen molar-refractivity contribution < 1.29 is 29.4 Å². The second-order valence-electron chi connectivity index (χ2n) is 7.59. The first-order chi connectivity index (χ1) is 14.8. The average Bonchev–Trinajstić information content (AvgIpc) is 2.69. The van der Waals surface area contributed by atoms with E-state index in [1.807, 2.05) is 0 Å². The lowest BCUT2D eigenvalue weighted by molar-refractivity contribution is -0.145. The number of aliphatic imine (C=N–C) groups is 1. The number of carboxylic acid groups (broad SMARTS) is 1. The van der Waals surface area contributed by atoms with Gasteiger partial charge in [0, 0.05) is 12.3 Å². The normalized spacial score (nSPS) is 15.6. The Bertz CT molecular complexity index is 685. The maximum Gasteiger partial charge on any atom is 0.328 e. The fourth-order valence-corrected chi connectivity index (χ4v) is 2.72. The van der Waals surface area contributed by atoms with Gasteiger partial charge in [-0.25, -0.2) is 4.79 Å². The molecule has 0 rings (SSSR count). The van der Waals surface area contributed by atoms with Gasteiger partial charge in [-0.05, 0) is 25.7 Å². The SMILES string of the molecule is CC(C)C(NC(=O)C(N)CS)C(=O)NC(CCCN=C(N)N)C(=O)NC(C(=O)O)C(C)O. The van der Waals surface area contributed by atoms with E-state index in [1.54, 1.807) is 13.8 Å². The van der Waals surface area contributed by atoms with Gasteiger partial charge in [0.15, 0.2) is 12.0 Å². The highest BCUT2D eigenvalue weighted by atomic mass is 32.1. The van der Waals surface area contributed by atoms with E-state index in [1.165, 1.54) is 6.92 Å². The highest BCUT2D eigenvalue weighted by Gasteiger charge is 2.32. The Kier molecular flexibility index (Phi) is 13.3. The Morgan fingerprint density at radius 2 is 1.53 bits per heavy atom. The van der Waals surface area contributed by atoms with Crippen molar-refractivity contribution in [1.29, 1.82) is 0 Å². The lowest BCUT2D eigenvalue weighted by Crippen LogP contribution is -2.59. The van der Waals surface area contributed by atoms with Gasteiger partial charge in [-0.3, -0.25) is 19.4 Å². The smallest absolute Gasteiger partial charge is 0.328 e. The zero-order chi connectivity index (χ0) is 25.0. The van der Waals surface area contributed by atoms with E-state index < -0.39 is 54.0 Å². The molecule has 0 saturated heterocycles. The highest BCUT2D eigenvalue weighted by molar-refractivity contribution is 7.80. The summed E-state index contributed by atoms with van der Waals surface area (Å²) in [6.07, 6.45) is -1.03. The largest absolute Gasteiger partial charge is 0.480 e. The highest BCUT2D eigenvalue weighted by Crippen LogP contribution is 2.07. The Labute approximate surface area is 192 Å². The molecule has 14 heteroatoms. The fourth-order valence-electron chi connectivity index (χ4n) is 2.55. The van der Waals surface area contributed by atoms with Crippen molar-refractivity contribution in [3.63, 3.8) is 0 Å². The van der Waals surface area contributed by atoms with Crippen molar-refractivity contribution in [3.8, 4) is 0 Å². The monoisotopic (exact) mass is 477 g/mol. The summed E-state index contributed by atoms with van der Waals surface area (Å²) in [7, 11) is 0. The molecule has 0 aromatic rings. The number of nitrogens with two attached hydrogens (primary N) is 3. The maximum absolute atomic E-state index is 12.8. The third-order valence-electron chi connectivity index (χ3n) is 4.40. The molecule has 0 bridgehead atoms. The number of carboxylic acids is 1. The maximum atomic E-state index is 12.8. The third-order valence-corrected chi connectivity index (χ3v) is 4.80. The molecule has 13 nitrogen and oxygen atoms in total. The van der Waals surface area contributed by atoms with Crippen molar-refractivity contribution in [2.75, 3.05) is 12.3 Å². The zero-order valence-corrected chi connectivity index (χ0v) is 19.3. The number of thiol groups is 1. The Hall–Kier alpha value is -2.58. The third kappa shape index (κ3) is 10.6. The molecule has 0 spiro atoms. The molecule has 0 heterocycles.